The zero-order valence-electron chi connectivity index (χ0n) is 11.6. The fourth-order valence-electron chi connectivity index (χ4n) is 1.54. The molecule has 0 aliphatic rings. The summed E-state index contributed by atoms with van der Waals surface area (Å²) in [6.07, 6.45) is 1.72. The lowest BCUT2D eigenvalue weighted by Gasteiger charge is -2.10. The first kappa shape index (κ1) is 14.5. The summed E-state index contributed by atoms with van der Waals surface area (Å²) in [6.45, 7) is 6.29. The minimum atomic E-state index is -0.0284. The van der Waals surface area contributed by atoms with E-state index in [9.17, 15) is 0 Å². The lowest BCUT2D eigenvalue weighted by Crippen LogP contribution is -2.12. The van der Waals surface area contributed by atoms with E-state index < -0.39 is 0 Å². The molecular weight excluding hydrogens is 278 g/mol. The lowest BCUT2D eigenvalue weighted by atomic mass is 10.2. The fraction of sp³-hybridized carbons (Fsp3) is 0.385. The molecular formula is C13H16ClN5O. The first-order valence-corrected chi connectivity index (χ1v) is 6.65. The first-order valence-electron chi connectivity index (χ1n) is 6.27. The normalized spacial score (nSPS) is 10.7. The van der Waals surface area contributed by atoms with E-state index in [0.29, 0.717) is 12.5 Å². The molecule has 0 saturated heterocycles. The highest BCUT2D eigenvalue weighted by Crippen LogP contribution is 2.13. The number of nitrogens with one attached hydrogen (secondary N) is 1. The number of anilines is 1. The SMILES string of the molecule is Cc1cccnc1CNc1nc(Cl)nc(OC(C)C)n1. The Hall–Kier alpha value is -1.95. The second kappa shape index (κ2) is 6.47. The molecule has 2 aromatic heterocycles. The van der Waals surface area contributed by atoms with Gasteiger partial charge in [0.25, 0.3) is 0 Å². The van der Waals surface area contributed by atoms with Crippen molar-refractivity contribution in [3.8, 4) is 6.01 Å². The topological polar surface area (TPSA) is 72.8 Å². The van der Waals surface area contributed by atoms with E-state index >= 15 is 0 Å². The predicted octanol–water partition coefficient (Wildman–Crippen LogP) is 2.63. The maximum atomic E-state index is 5.85. The Morgan fingerprint density at radius 3 is 2.80 bits per heavy atom. The highest BCUT2D eigenvalue weighted by atomic mass is 35.5. The molecule has 1 N–H and O–H groups in total. The van der Waals surface area contributed by atoms with Crippen LogP contribution in [0.3, 0.4) is 0 Å². The maximum absolute atomic E-state index is 5.85. The van der Waals surface area contributed by atoms with Crippen LogP contribution in [0.15, 0.2) is 18.3 Å². The van der Waals surface area contributed by atoms with Gasteiger partial charge < -0.3 is 10.1 Å². The standard InChI is InChI=1S/C13H16ClN5O/c1-8(2)20-13-18-11(14)17-12(19-13)16-7-10-9(3)5-4-6-15-10/h4-6,8H,7H2,1-3H3,(H,16,17,18,19). The monoisotopic (exact) mass is 293 g/mol. The van der Waals surface area contributed by atoms with Crippen LogP contribution < -0.4 is 10.1 Å². The number of nitrogens with zero attached hydrogens (tertiary/aromatic N) is 4. The van der Waals surface area contributed by atoms with Crippen molar-refractivity contribution < 1.29 is 4.74 Å². The maximum Gasteiger partial charge on any atom is 0.322 e. The molecule has 0 amide bonds. The average molecular weight is 294 g/mol. The summed E-state index contributed by atoms with van der Waals surface area (Å²) < 4.78 is 5.41. The van der Waals surface area contributed by atoms with Crippen molar-refractivity contribution in [3.63, 3.8) is 0 Å². The molecule has 0 fully saturated rings. The Bertz CT molecular complexity index is 591. The predicted molar refractivity (Wildman–Crippen MR) is 76.9 cm³/mol. The second-order valence-electron chi connectivity index (χ2n) is 4.50. The molecule has 2 rings (SSSR count). The largest absolute Gasteiger partial charge is 0.461 e. The minimum absolute atomic E-state index is 0.0284. The van der Waals surface area contributed by atoms with Crippen molar-refractivity contribution in [2.45, 2.75) is 33.4 Å². The fourth-order valence-corrected chi connectivity index (χ4v) is 1.69. The third kappa shape index (κ3) is 4.03. The molecule has 20 heavy (non-hydrogen) atoms. The zero-order chi connectivity index (χ0) is 14.5. The molecule has 0 saturated carbocycles. The quantitative estimate of drug-likeness (QED) is 0.913. The summed E-state index contributed by atoms with van der Waals surface area (Å²) in [5, 5.41) is 3.16. The molecule has 0 spiro atoms. The number of pyridine rings is 1. The molecule has 2 heterocycles. The van der Waals surface area contributed by atoms with E-state index in [0.717, 1.165) is 11.3 Å². The van der Waals surface area contributed by atoms with Crippen molar-refractivity contribution in [3.05, 3.63) is 34.9 Å². The molecule has 0 aliphatic heterocycles. The Kier molecular flexibility index (Phi) is 4.68. The van der Waals surface area contributed by atoms with Crippen LogP contribution >= 0.6 is 11.6 Å². The van der Waals surface area contributed by atoms with Gasteiger partial charge in [-0.05, 0) is 44.0 Å². The molecule has 7 heteroatoms. The Morgan fingerprint density at radius 2 is 2.10 bits per heavy atom. The molecule has 0 bridgehead atoms. The van der Waals surface area contributed by atoms with Crippen molar-refractivity contribution in [1.82, 2.24) is 19.9 Å². The Balaban J connectivity index is 2.09. The van der Waals surface area contributed by atoms with Crippen LogP contribution in [0, 0.1) is 6.92 Å². The molecule has 0 aliphatic carbocycles. The zero-order valence-corrected chi connectivity index (χ0v) is 12.3. The van der Waals surface area contributed by atoms with Crippen molar-refractivity contribution in [2.75, 3.05) is 5.32 Å². The number of hydrogen-bond donors (Lipinski definition) is 1. The van der Waals surface area contributed by atoms with Gasteiger partial charge in [-0.25, -0.2) is 0 Å². The van der Waals surface area contributed by atoms with Crippen molar-refractivity contribution >= 4 is 17.5 Å². The summed E-state index contributed by atoms with van der Waals surface area (Å²) >= 11 is 5.85. The van der Waals surface area contributed by atoms with Gasteiger partial charge in [0.15, 0.2) is 0 Å². The van der Waals surface area contributed by atoms with Gasteiger partial charge in [0.05, 0.1) is 18.3 Å². The van der Waals surface area contributed by atoms with Gasteiger partial charge in [0.1, 0.15) is 0 Å². The third-order valence-electron chi connectivity index (χ3n) is 2.46. The van der Waals surface area contributed by atoms with Crippen LogP contribution in [0.25, 0.3) is 0 Å². The van der Waals surface area contributed by atoms with Gasteiger partial charge in [-0.2, -0.15) is 15.0 Å². The molecule has 0 aromatic carbocycles. The van der Waals surface area contributed by atoms with E-state index in [-0.39, 0.29) is 17.4 Å². The number of halogens is 1. The van der Waals surface area contributed by atoms with Crippen LogP contribution in [0.2, 0.25) is 5.28 Å². The van der Waals surface area contributed by atoms with Crippen LogP contribution in [0.1, 0.15) is 25.1 Å². The van der Waals surface area contributed by atoms with Gasteiger partial charge in [-0.15, -0.1) is 0 Å². The molecule has 0 unspecified atom stereocenters. The van der Waals surface area contributed by atoms with Crippen molar-refractivity contribution in [1.29, 1.82) is 0 Å². The van der Waals surface area contributed by atoms with E-state index in [2.05, 4.69) is 25.3 Å². The lowest BCUT2D eigenvalue weighted by molar-refractivity contribution is 0.222. The summed E-state index contributed by atoms with van der Waals surface area (Å²) in [5.41, 5.74) is 2.02. The van der Waals surface area contributed by atoms with Crippen LogP contribution in [0.4, 0.5) is 5.95 Å². The highest BCUT2D eigenvalue weighted by Gasteiger charge is 2.08. The van der Waals surface area contributed by atoms with Crippen LogP contribution in [-0.2, 0) is 6.54 Å². The highest BCUT2D eigenvalue weighted by molar-refractivity contribution is 6.28. The molecule has 2 aromatic rings. The summed E-state index contributed by atoms with van der Waals surface area (Å²) in [7, 11) is 0. The summed E-state index contributed by atoms with van der Waals surface area (Å²) in [6, 6.07) is 4.10. The van der Waals surface area contributed by atoms with Gasteiger partial charge >= 0.3 is 6.01 Å². The van der Waals surface area contributed by atoms with Crippen LogP contribution in [0.5, 0.6) is 6.01 Å². The van der Waals surface area contributed by atoms with Gasteiger partial charge in [-0.3, -0.25) is 4.98 Å². The van der Waals surface area contributed by atoms with E-state index in [1.807, 2.05) is 32.9 Å². The molecule has 106 valence electrons. The van der Waals surface area contributed by atoms with E-state index in [1.54, 1.807) is 6.20 Å². The van der Waals surface area contributed by atoms with Gasteiger partial charge in [-0.1, -0.05) is 6.07 Å². The number of ether oxygens (including phenoxy) is 1. The second-order valence-corrected chi connectivity index (χ2v) is 4.84. The number of aromatic nitrogens is 4. The molecule has 0 atom stereocenters. The average Bonchev–Trinajstić information content (AvgIpc) is 2.36. The van der Waals surface area contributed by atoms with Crippen LogP contribution in [-0.4, -0.2) is 26.0 Å². The number of rotatable bonds is 5. The smallest absolute Gasteiger partial charge is 0.322 e. The Labute approximate surface area is 122 Å². The third-order valence-corrected chi connectivity index (χ3v) is 2.63. The van der Waals surface area contributed by atoms with E-state index in [1.165, 1.54) is 0 Å². The molecule has 6 nitrogen and oxygen atoms in total. The van der Waals surface area contributed by atoms with Crippen molar-refractivity contribution in [2.24, 2.45) is 0 Å². The number of hydrogen-bond acceptors (Lipinski definition) is 6. The first-order chi connectivity index (χ1) is 9.54. The number of aryl methyl sites for hydroxylation is 1. The molecule has 0 radical (unpaired) electrons. The summed E-state index contributed by atoms with van der Waals surface area (Å²) in [5.74, 6) is 0.366. The van der Waals surface area contributed by atoms with Gasteiger partial charge in [0.2, 0.25) is 11.2 Å². The Morgan fingerprint density at radius 1 is 1.30 bits per heavy atom. The summed E-state index contributed by atoms with van der Waals surface area (Å²) in [4.78, 5) is 16.4. The van der Waals surface area contributed by atoms with E-state index in [4.69, 9.17) is 16.3 Å². The van der Waals surface area contributed by atoms with Gasteiger partial charge in [0, 0.05) is 6.20 Å². The minimum Gasteiger partial charge on any atom is -0.461 e.